The summed E-state index contributed by atoms with van der Waals surface area (Å²) in [4.78, 5) is 16.5. The Bertz CT molecular complexity index is 662. The molecule has 6 heteroatoms. The van der Waals surface area contributed by atoms with E-state index in [9.17, 15) is 4.79 Å². The molecular weight excluding hydrogens is 318 g/mol. The number of hydrogen-bond acceptors (Lipinski definition) is 4. The molecule has 2 N–H and O–H groups in total. The molecule has 2 unspecified atom stereocenters. The summed E-state index contributed by atoms with van der Waals surface area (Å²) < 4.78 is 1.16. The Labute approximate surface area is 140 Å². The van der Waals surface area contributed by atoms with Gasteiger partial charge in [-0.2, -0.15) is 0 Å². The highest BCUT2D eigenvalue weighted by molar-refractivity contribution is 7.16. The summed E-state index contributed by atoms with van der Waals surface area (Å²) in [5.41, 5.74) is 3.65. The van der Waals surface area contributed by atoms with Crippen LogP contribution in [0.15, 0.2) is 23.7 Å². The van der Waals surface area contributed by atoms with E-state index in [1.165, 1.54) is 12.8 Å². The second kappa shape index (κ2) is 6.52. The fourth-order valence-corrected chi connectivity index (χ4v) is 4.41. The number of thiazole rings is 1. The van der Waals surface area contributed by atoms with E-state index in [2.05, 4.69) is 15.6 Å². The SMILES string of the molecule is Cl.O=C(CC1CC2CCC(C1)N2)Nc1ccc2scnc2c1. The van der Waals surface area contributed by atoms with Crippen molar-refractivity contribution in [3.63, 3.8) is 0 Å². The van der Waals surface area contributed by atoms with Gasteiger partial charge in [0.1, 0.15) is 0 Å². The lowest BCUT2D eigenvalue weighted by Crippen LogP contribution is -2.39. The number of hydrogen-bond donors (Lipinski definition) is 2. The second-order valence-corrected chi connectivity index (χ2v) is 7.15. The molecule has 4 nitrogen and oxygen atoms in total. The molecule has 3 heterocycles. The lowest BCUT2D eigenvalue weighted by molar-refractivity contribution is -0.117. The number of carbonyl (C=O) groups is 1. The maximum absolute atomic E-state index is 12.2. The lowest BCUT2D eigenvalue weighted by atomic mass is 9.89. The number of nitrogens with one attached hydrogen (secondary N) is 2. The zero-order chi connectivity index (χ0) is 14.2. The molecular formula is C16H20ClN3OS. The Balaban J connectivity index is 0.00000144. The summed E-state index contributed by atoms with van der Waals surface area (Å²) in [6, 6.07) is 7.23. The van der Waals surface area contributed by atoms with Gasteiger partial charge in [-0.15, -0.1) is 23.7 Å². The quantitative estimate of drug-likeness (QED) is 0.900. The first kappa shape index (κ1) is 15.7. The van der Waals surface area contributed by atoms with Crippen molar-refractivity contribution in [1.82, 2.24) is 10.3 Å². The average molecular weight is 338 g/mol. The fraction of sp³-hybridized carbons (Fsp3) is 0.500. The van der Waals surface area contributed by atoms with Crippen LogP contribution in [0.3, 0.4) is 0 Å². The van der Waals surface area contributed by atoms with Crippen molar-refractivity contribution in [1.29, 1.82) is 0 Å². The van der Waals surface area contributed by atoms with Gasteiger partial charge in [0, 0.05) is 24.2 Å². The molecule has 2 atom stereocenters. The molecule has 1 aromatic heterocycles. The number of halogens is 1. The largest absolute Gasteiger partial charge is 0.326 e. The zero-order valence-corrected chi connectivity index (χ0v) is 13.9. The third kappa shape index (κ3) is 3.26. The van der Waals surface area contributed by atoms with E-state index < -0.39 is 0 Å². The minimum atomic E-state index is 0. The highest BCUT2D eigenvalue weighted by Crippen LogP contribution is 2.33. The molecule has 22 heavy (non-hydrogen) atoms. The van der Waals surface area contributed by atoms with Gasteiger partial charge in [0.25, 0.3) is 0 Å². The van der Waals surface area contributed by atoms with Crippen LogP contribution >= 0.6 is 23.7 Å². The second-order valence-electron chi connectivity index (χ2n) is 6.26. The molecule has 1 amide bonds. The van der Waals surface area contributed by atoms with Crippen LogP contribution < -0.4 is 10.6 Å². The fourth-order valence-electron chi connectivity index (χ4n) is 3.75. The summed E-state index contributed by atoms with van der Waals surface area (Å²) in [5.74, 6) is 0.669. The molecule has 2 aliphatic heterocycles. The number of anilines is 1. The number of nitrogens with zero attached hydrogens (tertiary/aromatic N) is 1. The number of aromatic nitrogens is 1. The summed E-state index contributed by atoms with van der Waals surface area (Å²) in [7, 11) is 0. The van der Waals surface area contributed by atoms with Crippen molar-refractivity contribution >= 4 is 45.6 Å². The summed E-state index contributed by atoms with van der Waals surface area (Å²) >= 11 is 1.62. The number of benzene rings is 1. The molecule has 0 radical (unpaired) electrons. The van der Waals surface area contributed by atoms with Gasteiger partial charge in [-0.1, -0.05) is 0 Å². The van der Waals surface area contributed by atoms with Crippen LogP contribution in [0.1, 0.15) is 32.1 Å². The van der Waals surface area contributed by atoms with Crippen LogP contribution in [0.25, 0.3) is 10.2 Å². The summed E-state index contributed by atoms with van der Waals surface area (Å²) in [6.45, 7) is 0. The van der Waals surface area contributed by atoms with E-state index in [-0.39, 0.29) is 18.3 Å². The van der Waals surface area contributed by atoms with Crippen LogP contribution in [0, 0.1) is 5.92 Å². The molecule has 0 saturated carbocycles. The number of rotatable bonds is 3. The molecule has 118 valence electrons. The Morgan fingerprint density at radius 3 is 2.86 bits per heavy atom. The van der Waals surface area contributed by atoms with Crippen molar-refractivity contribution in [3.8, 4) is 0 Å². The van der Waals surface area contributed by atoms with Crippen LogP contribution in [-0.2, 0) is 4.79 Å². The monoisotopic (exact) mass is 337 g/mol. The minimum Gasteiger partial charge on any atom is -0.326 e. The predicted molar refractivity (Wildman–Crippen MR) is 92.8 cm³/mol. The van der Waals surface area contributed by atoms with Crippen LogP contribution in [0.2, 0.25) is 0 Å². The first-order valence-electron chi connectivity index (χ1n) is 7.65. The number of fused-ring (bicyclic) bond motifs is 3. The number of amides is 1. The van der Waals surface area contributed by atoms with Crippen LogP contribution in [-0.4, -0.2) is 23.0 Å². The number of piperidine rings is 1. The van der Waals surface area contributed by atoms with E-state index in [0.29, 0.717) is 24.4 Å². The Morgan fingerprint density at radius 2 is 2.09 bits per heavy atom. The molecule has 2 aliphatic rings. The lowest BCUT2D eigenvalue weighted by Gasteiger charge is -2.28. The van der Waals surface area contributed by atoms with Gasteiger partial charge in [-0.3, -0.25) is 4.79 Å². The molecule has 0 spiro atoms. The molecule has 2 bridgehead atoms. The molecule has 0 aliphatic carbocycles. The summed E-state index contributed by atoms with van der Waals surface area (Å²) in [5, 5.41) is 6.65. The van der Waals surface area contributed by atoms with Gasteiger partial charge in [-0.05, 0) is 49.8 Å². The Hall–Kier alpha value is -1.17. The van der Waals surface area contributed by atoms with E-state index in [4.69, 9.17) is 0 Å². The molecule has 2 fully saturated rings. The molecule has 2 saturated heterocycles. The third-order valence-electron chi connectivity index (χ3n) is 4.66. The average Bonchev–Trinajstić information content (AvgIpc) is 3.04. The van der Waals surface area contributed by atoms with Crippen molar-refractivity contribution < 1.29 is 4.79 Å². The first-order chi connectivity index (χ1) is 10.3. The third-order valence-corrected chi connectivity index (χ3v) is 5.47. The predicted octanol–water partition coefficient (Wildman–Crippen LogP) is 3.58. The minimum absolute atomic E-state index is 0. The zero-order valence-electron chi connectivity index (χ0n) is 12.2. The van der Waals surface area contributed by atoms with Gasteiger partial charge in [-0.25, -0.2) is 4.98 Å². The van der Waals surface area contributed by atoms with E-state index >= 15 is 0 Å². The number of carbonyl (C=O) groups excluding carboxylic acids is 1. The van der Waals surface area contributed by atoms with Gasteiger partial charge in [0.15, 0.2) is 0 Å². The smallest absolute Gasteiger partial charge is 0.224 e. The highest BCUT2D eigenvalue weighted by atomic mass is 35.5. The maximum atomic E-state index is 12.2. The summed E-state index contributed by atoms with van der Waals surface area (Å²) in [6.07, 6.45) is 5.50. The Kier molecular flexibility index (Phi) is 4.66. The van der Waals surface area contributed by atoms with Crippen molar-refractivity contribution in [2.45, 2.75) is 44.2 Å². The van der Waals surface area contributed by atoms with Crippen molar-refractivity contribution in [3.05, 3.63) is 23.7 Å². The molecule has 2 aromatic rings. The standard InChI is InChI=1S/C16H19N3OS.ClH/c20-16(7-10-5-11-1-2-12(6-10)18-11)19-13-3-4-15-14(8-13)17-9-21-15;/h3-4,8-12,18H,1-2,5-7H2,(H,19,20);1H. The normalized spacial score (nSPS) is 26.6. The topological polar surface area (TPSA) is 54.0 Å². The molecule has 1 aromatic carbocycles. The van der Waals surface area contributed by atoms with Gasteiger partial charge < -0.3 is 10.6 Å². The van der Waals surface area contributed by atoms with Gasteiger partial charge in [0.05, 0.1) is 15.7 Å². The van der Waals surface area contributed by atoms with Gasteiger partial charge in [0.2, 0.25) is 5.91 Å². The maximum Gasteiger partial charge on any atom is 0.224 e. The first-order valence-corrected chi connectivity index (χ1v) is 8.53. The van der Waals surface area contributed by atoms with Crippen LogP contribution in [0.5, 0.6) is 0 Å². The molecule has 4 rings (SSSR count). The van der Waals surface area contributed by atoms with E-state index in [1.807, 2.05) is 23.7 Å². The van der Waals surface area contributed by atoms with Gasteiger partial charge >= 0.3 is 0 Å². The van der Waals surface area contributed by atoms with E-state index in [1.54, 1.807) is 11.3 Å². The van der Waals surface area contributed by atoms with E-state index in [0.717, 1.165) is 28.7 Å². The van der Waals surface area contributed by atoms with Crippen molar-refractivity contribution in [2.75, 3.05) is 5.32 Å². The highest BCUT2D eigenvalue weighted by Gasteiger charge is 2.34. The van der Waals surface area contributed by atoms with Crippen LogP contribution in [0.4, 0.5) is 5.69 Å². The van der Waals surface area contributed by atoms with Crippen molar-refractivity contribution in [2.24, 2.45) is 5.92 Å². The Morgan fingerprint density at radius 1 is 1.32 bits per heavy atom.